The van der Waals surface area contributed by atoms with E-state index < -0.39 is 0 Å². The molecule has 0 heterocycles. The van der Waals surface area contributed by atoms with E-state index >= 15 is 0 Å². The summed E-state index contributed by atoms with van der Waals surface area (Å²) in [7, 11) is 0. The molecule has 0 radical (unpaired) electrons. The highest BCUT2D eigenvalue weighted by atomic mass is 79.9. The molecule has 0 aliphatic carbocycles. The van der Waals surface area contributed by atoms with Gasteiger partial charge in [0, 0.05) is 16.1 Å². The summed E-state index contributed by atoms with van der Waals surface area (Å²) in [6, 6.07) is 15.9. The molecule has 2 nitrogen and oxygen atoms in total. The van der Waals surface area contributed by atoms with E-state index in [1.165, 1.54) is 5.56 Å². The molecule has 20 heavy (non-hydrogen) atoms. The first kappa shape index (κ1) is 15.1. The van der Waals surface area contributed by atoms with Crippen LogP contribution in [-0.2, 0) is 5.54 Å². The maximum Gasteiger partial charge on any atom is 0.115 e. The Morgan fingerprint density at radius 2 is 1.75 bits per heavy atom. The minimum Gasteiger partial charge on any atom is -0.508 e. The predicted molar refractivity (Wildman–Crippen MR) is 86.8 cm³/mol. The fraction of sp³-hybridized carbons (Fsp3) is 0.294. The number of hydrogen-bond acceptors (Lipinski definition) is 2. The number of phenols is 1. The number of halogens is 1. The first-order chi connectivity index (χ1) is 9.38. The van der Waals surface area contributed by atoms with Gasteiger partial charge in [-0.3, -0.25) is 0 Å². The lowest BCUT2D eigenvalue weighted by atomic mass is 9.92. The van der Waals surface area contributed by atoms with Crippen molar-refractivity contribution in [3.63, 3.8) is 0 Å². The maximum absolute atomic E-state index is 9.57. The van der Waals surface area contributed by atoms with Gasteiger partial charge in [0.05, 0.1) is 0 Å². The molecule has 2 N–H and O–H groups in total. The molecule has 2 aromatic carbocycles. The van der Waals surface area contributed by atoms with Crippen LogP contribution in [0.1, 0.15) is 37.9 Å². The van der Waals surface area contributed by atoms with Crippen LogP contribution in [0, 0.1) is 0 Å². The predicted octanol–water partition coefficient (Wildman–Crippen LogP) is 4.74. The van der Waals surface area contributed by atoms with Crippen molar-refractivity contribution in [1.82, 2.24) is 5.32 Å². The minimum atomic E-state index is -0.147. The molecular weight excluding hydrogens is 314 g/mol. The van der Waals surface area contributed by atoms with Crippen LogP contribution < -0.4 is 5.32 Å². The molecule has 106 valence electrons. The molecule has 0 aliphatic heterocycles. The topological polar surface area (TPSA) is 32.3 Å². The molecule has 1 unspecified atom stereocenters. The first-order valence-corrected chi connectivity index (χ1v) is 7.50. The molecular formula is C17H20BrNO. The van der Waals surface area contributed by atoms with Gasteiger partial charge < -0.3 is 10.4 Å². The Hall–Kier alpha value is -1.32. The molecule has 0 saturated carbocycles. The summed E-state index contributed by atoms with van der Waals surface area (Å²) < 4.78 is 1.08. The van der Waals surface area contributed by atoms with Gasteiger partial charge in [0.25, 0.3) is 0 Å². The normalized spacial score (nSPS) is 13.2. The van der Waals surface area contributed by atoms with Gasteiger partial charge in [0.1, 0.15) is 5.75 Å². The van der Waals surface area contributed by atoms with Crippen molar-refractivity contribution >= 4 is 15.9 Å². The van der Waals surface area contributed by atoms with Gasteiger partial charge in [-0.15, -0.1) is 0 Å². The largest absolute Gasteiger partial charge is 0.508 e. The Bertz CT molecular complexity index is 578. The van der Waals surface area contributed by atoms with E-state index in [1.54, 1.807) is 12.1 Å². The highest BCUT2D eigenvalue weighted by molar-refractivity contribution is 9.10. The summed E-state index contributed by atoms with van der Waals surface area (Å²) in [5, 5.41) is 13.2. The molecule has 0 fully saturated rings. The number of rotatable bonds is 4. The Morgan fingerprint density at radius 3 is 2.35 bits per heavy atom. The van der Waals surface area contributed by atoms with Crippen molar-refractivity contribution < 1.29 is 5.11 Å². The van der Waals surface area contributed by atoms with Crippen molar-refractivity contribution in [2.75, 3.05) is 0 Å². The summed E-state index contributed by atoms with van der Waals surface area (Å²) in [5.74, 6) is 0.303. The van der Waals surface area contributed by atoms with Gasteiger partial charge in [-0.1, -0.05) is 40.2 Å². The molecule has 3 heteroatoms. The van der Waals surface area contributed by atoms with E-state index in [2.05, 4.69) is 66.3 Å². The lowest BCUT2D eigenvalue weighted by Gasteiger charge is -2.31. The van der Waals surface area contributed by atoms with Crippen molar-refractivity contribution in [3.8, 4) is 5.75 Å². The number of aromatic hydroxyl groups is 1. The van der Waals surface area contributed by atoms with Gasteiger partial charge in [0.15, 0.2) is 0 Å². The van der Waals surface area contributed by atoms with E-state index in [0.717, 1.165) is 10.0 Å². The molecule has 0 bridgehead atoms. The van der Waals surface area contributed by atoms with Crippen molar-refractivity contribution in [3.05, 3.63) is 64.1 Å². The lowest BCUT2D eigenvalue weighted by molar-refractivity contribution is 0.356. The maximum atomic E-state index is 9.57. The van der Waals surface area contributed by atoms with E-state index in [-0.39, 0.29) is 11.6 Å². The van der Waals surface area contributed by atoms with E-state index in [0.29, 0.717) is 5.75 Å². The van der Waals surface area contributed by atoms with Crippen LogP contribution in [0.5, 0.6) is 5.75 Å². The summed E-state index contributed by atoms with van der Waals surface area (Å²) in [6.45, 7) is 6.43. The van der Waals surface area contributed by atoms with Crippen molar-refractivity contribution in [2.24, 2.45) is 0 Å². The SMILES string of the molecule is CC(NC(C)(C)c1ccc(Br)cc1)c1cccc(O)c1. The molecule has 0 spiro atoms. The molecule has 0 amide bonds. The van der Waals surface area contributed by atoms with Gasteiger partial charge >= 0.3 is 0 Å². The molecule has 0 aromatic heterocycles. The molecule has 0 saturated heterocycles. The first-order valence-electron chi connectivity index (χ1n) is 6.71. The van der Waals surface area contributed by atoms with Crippen LogP contribution in [0.3, 0.4) is 0 Å². The monoisotopic (exact) mass is 333 g/mol. The number of phenolic OH excluding ortho intramolecular Hbond substituents is 1. The van der Waals surface area contributed by atoms with Crippen LogP contribution in [0.4, 0.5) is 0 Å². The molecule has 2 aromatic rings. The standard InChI is InChI=1S/C17H20BrNO/c1-12(13-5-4-6-16(20)11-13)19-17(2,3)14-7-9-15(18)10-8-14/h4-12,19-20H,1-3H3. The summed E-state index contributed by atoms with van der Waals surface area (Å²) in [6.07, 6.45) is 0. The Morgan fingerprint density at radius 1 is 1.10 bits per heavy atom. The van der Waals surface area contributed by atoms with Gasteiger partial charge in [0.2, 0.25) is 0 Å². The second kappa shape index (κ2) is 5.98. The van der Waals surface area contributed by atoms with E-state index in [4.69, 9.17) is 0 Å². The zero-order chi connectivity index (χ0) is 14.8. The minimum absolute atomic E-state index is 0.147. The third-order valence-corrected chi connectivity index (χ3v) is 4.04. The second-order valence-corrected chi connectivity index (χ2v) is 6.51. The Kier molecular flexibility index (Phi) is 4.51. The van der Waals surface area contributed by atoms with Crippen LogP contribution in [0.25, 0.3) is 0 Å². The van der Waals surface area contributed by atoms with Gasteiger partial charge in [-0.25, -0.2) is 0 Å². The average Bonchev–Trinajstić information content (AvgIpc) is 2.38. The average molecular weight is 334 g/mol. The third kappa shape index (κ3) is 3.62. The van der Waals surface area contributed by atoms with Gasteiger partial charge in [-0.2, -0.15) is 0 Å². The highest BCUT2D eigenvalue weighted by Gasteiger charge is 2.22. The summed E-state index contributed by atoms with van der Waals surface area (Å²) >= 11 is 3.46. The lowest BCUT2D eigenvalue weighted by Crippen LogP contribution is -2.38. The Labute approximate surface area is 129 Å². The zero-order valence-electron chi connectivity index (χ0n) is 12.0. The highest BCUT2D eigenvalue weighted by Crippen LogP contribution is 2.27. The third-order valence-electron chi connectivity index (χ3n) is 3.51. The molecule has 1 atom stereocenters. The van der Waals surface area contributed by atoms with Crippen LogP contribution in [0.15, 0.2) is 53.0 Å². The smallest absolute Gasteiger partial charge is 0.115 e. The quantitative estimate of drug-likeness (QED) is 0.846. The number of hydrogen-bond donors (Lipinski definition) is 2. The summed E-state index contributed by atoms with van der Waals surface area (Å²) in [5.41, 5.74) is 2.16. The van der Waals surface area contributed by atoms with Crippen LogP contribution >= 0.6 is 15.9 Å². The fourth-order valence-corrected chi connectivity index (χ4v) is 2.63. The zero-order valence-corrected chi connectivity index (χ0v) is 13.6. The molecule has 2 rings (SSSR count). The molecule has 0 aliphatic rings. The Balaban J connectivity index is 2.17. The van der Waals surface area contributed by atoms with Crippen molar-refractivity contribution in [2.45, 2.75) is 32.4 Å². The summed E-state index contributed by atoms with van der Waals surface area (Å²) in [4.78, 5) is 0. The second-order valence-electron chi connectivity index (χ2n) is 5.59. The van der Waals surface area contributed by atoms with Crippen LogP contribution in [-0.4, -0.2) is 5.11 Å². The number of benzene rings is 2. The van der Waals surface area contributed by atoms with Crippen molar-refractivity contribution in [1.29, 1.82) is 0 Å². The fourth-order valence-electron chi connectivity index (χ4n) is 2.37. The van der Waals surface area contributed by atoms with Crippen LogP contribution in [0.2, 0.25) is 0 Å². The van der Waals surface area contributed by atoms with Gasteiger partial charge in [-0.05, 0) is 56.2 Å². The van der Waals surface area contributed by atoms with E-state index in [1.807, 2.05) is 12.1 Å². The van der Waals surface area contributed by atoms with E-state index in [9.17, 15) is 5.11 Å². The number of nitrogens with one attached hydrogen (secondary N) is 1.